The second-order valence-corrected chi connectivity index (χ2v) is 6.45. The van der Waals surface area contributed by atoms with Crippen LogP contribution in [0.25, 0.3) is 0 Å². The van der Waals surface area contributed by atoms with Crippen LogP contribution in [0.1, 0.15) is 11.3 Å². The minimum Gasteiger partial charge on any atom is -0.388 e. The number of amides is 1. The molecular formula is C15H14N4O2S2. The molecule has 2 N–H and O–H groups in total. The van der Waals surface area contributed by atoms with Crippen molar-refractivity contribution in [3.63, 3.8) is 0 Å². The van der Waals surface area contributed by atoms with Crippen molar-refractivity contribution in [2.24, 2.45) is 0 Å². The average molecular weight is 346 g/mol. The van der Waals surface area contributed by atoms with E-state index in [1.165, 1.54) is 22.7 Å². The topological polar surface area (TPSA) is 76.1 Å². The Labute approximate surface area is 141 Å². The molecule has 0 saturated heterocycles. The van der Waals surface area contributed by atoms with Gasteiger partial charge in [-0.3, -0.25) is 5.32 Å². The molecule has 0 spiro atoms. The number of aromatic nitrogens is 2. The molecule has 23 heavy (non-hydrogen) atoms. The molecule has 0 fully saturated rings. The van der Waals surface area contributed by atoms with E-state index >= 15 is 0 Å². The van der Waals surface area contributed by atoms with Crippen LogP contribution in [0.2, 0.25) is 0 Å². The Morgan fingerprint density at radius 3 is 2.78 bits per heavy atom. The molecule has 0 aliphatic carbocycles. The van der Waals surface area contributed by atoms with Crippen molar-refractivity contribution in [3.8, 4) is 5.88 Å². The minimum atomic E-state index is -0.613. The zero-order chi connectivity index (χ0) is 16.2. The highest BCUT2D eigenvalue weighted by Gasteiger charge is 2.14. The second kappa shape index (κ2) is 6.76. The van der Waals surface area contributed by atoms with Crippen LogP contribution in [-0.4, -0.2) is 16.1 Å². The number of nitrogens with one attached hydrogen (secondary N) is 2. The molecule has 0 aliphatic rings. The number of para-hydroxylation sites is 1. The molecule has 0 saturated carbocycles. The fourth-order valence-electron chi connectivity index (χ4n) is 1.84. The fraction of sp³-hybridized carbons (Fsp3) is 0.133. The predicted molar refractivity (Wildman–Crippen MR) is 93.1 cm³/mol. The summed E-state index contributed by atoms with van der Waals surface area (Å²) < 4.78 is 5.26. The molecule has 2 aromatic heterocycles. The number of carbonyl (C=O) groups excluding carboxylic acids is 1. The van der Waals surface area contributed by atoms with E-state index in [4.69, 9.17) is 4.74 Å². The van der Waals surface area contributed by atoms with Gasteiger partial charge in [0.2, 0.25) is 0 Å². The monoisotopic (exact) mass is 346 g/mol. The highest BCUT2D eigenvalue weighted by molar-refractivity contribution is 7.14. The molecule has 1 aromatic carbocycles. The van der Waals surface area contributed by atoms with Crippen LogP contribution >= 0.6 is 22.7 Å². The average Bonchev–Trinajstić information content (AvgIpc) is 3.11. The third-order valence-corrected chi connectivity index (χ3v) is 4.54. The van der Waals surface area contributed by atoms with E-state index in [1.54, 1.807) is 5.51 Å². The Bertz CT molecular complexity index is 828. The Kier molecular flexibility index (Phi) is 4.54. The number of hydrogen-bond acceptors (Lipinski definition) is 7. The maximum atomic E-state index is 11.9. The first-order valence-electron chi connectivity index (χ1n) is 6.79. The predicted octanol–water partition coefficient (Wildman–Crippen LogP) is 4.57. The smallest absolute Gasteiger partial charge is 0.388 e. The third kappa shape index (κ3) is 3.85. The van der Waals surface area contributed by atoms with Gasteiger partial charge in [0.05, 0.1) is 11.2 Å². The van der Waals surface area contributed by atoms with Crippen LogP contribution in [0.4, 0.5) is 20.6 Å². The quantitative estimate of drug-likeness (QED) is 0.723. The number of thiazole rings is 2. The lowest BCUT2D eigenvalue weighted by Crippen LogP contribution is -2.17. The normalized spacial score (nSPS) is 10.3. The molecule has 0 radical (unpaired) electrons. The van der Waals surface area contributed by atoms with Crippen molar-refractivity contribution in [2.75, 3.05) is 10.6 Å². The fourth-order valence-corrected chi connectivity index (χ4v) is 3.13. The summed E-state index contributed by atoms with van der Waals surface area (Å²) in [5.74, 6) is 0.240. The second-order valence-electron chi connectivity index (χ2n) is 4.74. The third-order valence-electron chi connectivity index (χ3n) is 2.95. The molecule has 0 unspecified atom stereocenters. The summed E-state index contributed by atoms with van der Waals surface area (Å²) in [5, 5.41) is 8.84. The number of rotatable bonds is 4. The first-order valence-corrected chi connectivity index (χ1v) is 8.55. The molecule has 0 bridgehead atoms. The van der Waals surface area contributed by atoms with Crippen molar-refractivity contribution in [3.05, 3.63) is 46.4 Å². The van der Waals surface area contributed by atoms with Gasteiger partial charge in [-0.15, -0.1) is 22.7 Å². The summed E-state index contributed by atoms with van der Waals surface area (Å²) >= 11 is 2.71. The molecule has 0 atom stereocenters. The number of hydrogen-bond donors (Lipinski definition) is 2. The zero-order valence-corrected chi connectivity index (χ0v) is 14.1. The molecule has 8 heteroatoms. The maximum Gasteiger partial charge on any atom is 0.420 e. The molecule has 3 rings (SSSR count). The van der Waals surface area contributed by atoms with E-state index in [9.17, 15) is 4.79 Å². The van der Waals surface area contributed by atoms with Crippen molar-refractivity contribution >= 4 is 44.6 Å². The van der Waals surface area contributed by atoms with E-state index in [0.29, 0.717) is 10.1 Å². The van der Waals surface area contributed by atoms with Gasteiger partial charge in [0.25, 0.3) is 5.88 Å². The van der Waals surface area contributed by atoms with E-state index in [-0.39, 0.29) is 5.88 Å². The van der Waals surface area contributed by atoms with Crippen molar-refractivity contribution < 1.29 is 9.53 Å². The molecule has 118 valence electrons. The molecular weight excluding hydrogens is 332 g/mol. The number of carbonyl (C=O) groups is 1. The van der Waals surface area contributed by atoms with E-state index in [0.717, 1.165) is 16.9 Å². The highest BCUT2D eigenvalue weighted by atomic mass is 32.1. The summed E-state index contributed by atoms with van der Waals surface area (Å²) in [6.07, 6.45) is -0.613. The van der Waals surface area contributed by atoms with Crippen LogP contribution < -0.4 is 15.4 Å². The Morgan fingerprint density at radius 1 is 1.22 bits per heavy atom. The molecule has 6 nitrogen and oxygen atoms in total. The standard InChI is InChI=1S/C15H14N4O2S2/c1-9-5-3-4-6-11(9)18-13-12(16-8-23-13)21-15(20)19-14-17-10(2)7-22-14/h3-8,18H,1-2H3,(H,17,19,20). The van der Waals surface area contributed by atoms with Gasteiger partial charge in [-0.2, -0.15) is 0 Å². The lowest BCUT2D eigenvalue weighted by molar-refractivity contribution is 0.214. The molecule has 1 amide bonds. The number of anilines is 3. The highest BCUT2D eigenvalue weighted by Crippen LogP contribution is 2.32. The van der Waals surface area contributed by atoms with Gasteiger partial charge >= 0.3 is 6.09 Å². The lowest BCUT2D eigenvalue weighted by atomic mass is 10.2. The van der Waals surface area contributed by atoms with Gasteiger partial charge < -0.3 is 10.1 Å². The largest absolute Gasteiger partial charge is 0.420 e. The Hall–Kier alpha value is -2.45. The van der Waals surface area contributed by atoms with Crippen molar-refractivity contribution in [1.29, 1.82) is 0 Å². The first-order chi connectivity index (χ1) is 11.1. The molecule has 2 heterocycles. The Morgan fingerprint density at radius 2 is 2.04 bits per heavy atom. The van der Waals surface area contributed by atoms with E-state index in [1.807, 2.05) is 43.5 Å². The lowest BCUT2D eigenvalue weighted by Gasteiger charge is -2.09. The first kappa shape index (κ1) is 15.4. The summed E-state index contributed by atoms with van der Waals surface area (Å²) in [7, 11) is 0. The van der Waals surface area contributed by atoms with E-state index in [2.05, 4.69) is 20.6 Å². The van der Waals surface area contributed by atoms with Crippen molar-refractivity contribution in [1.82, 2.24) is 9.97 Å². The number of nitrogens with zero attached hydrogens (tertiary/aromatic N) is 2. The SMILES string of the molecule is Cc1csc(NC(=O)Oc2ncsc2Nc2ccccc2C)n1. The van der Waals surface area contributed by atoms with Crippen LogP contribution in [-0.2, 0) is 0 Å². The van der Waals surface area contributed by atoms with Gasteiger partial charge in [-0.25, -0.2) is 14.8 Å². The van der Waals surface area contributed by atoms with Gasteiger partial charge in [0.1, 0.15) is 0 Å². The summed E-state index contributed by atoms with van der Waals surface area (Å²) in [6, 6.07) is 7.86. The van der Waals surface area contributed by atoms with E-state index < -0.39 is 6.09 Å². The Balaban J connectivity index is 1.68. The van der Waals surface area contributed by atoms with Gasteiger partial charge in [-0.1, -0.05) is 18.2 Å². The van der Waals surface area contributed by atoms with Crippen LogP contribution in [0.5, 0.6) is 5.88 Å². The van der Waals surface area contributed by atoms with Crippen LogP contribution in [0.15, 0.2) is 35.2 Å². The summed E-state index contributed by atoms with van der Waals surface area (Å²) in [6.45, 7) is 3.86. The van der Waals surface area contributed by atoms with Crippen LogP contribution in [0.3, 0.4) is 0 Å². The van der Waals surface area contributed by atoms with Gasteiger partial charge in [-0.05, 0) is 25.5 Å². The summed E-state index contributed by atoms with van der Waals surface area (Å²) in [5.41, 5.74) is 4.50. The maximum absolute atomic E-state index is 11.9. The number of aryl methyl sites for hydroxylation is 2. The number of ether oxygens (including phenoxy) is 1. The minimum absolute atomic E-state index is 0.240. The summed E-state index contributed by atoms with van der Waals surface area (Å²) in [4.78, 5) is 20.2. The van der Waals surface area contributed by atoms with Gasteiger partial charge in [0, 0.05) is 11.1 Å². The molecule has 3 aromatic rings. The van der Waals surface area contributed by atoms with Gasteiger partial charge in [0.15, 0.2) is 10.1 Å². The zero-order valence-electron chi connectivity index (χ0n) is 12.5. The number of benzene rings is 1. The van der Waals surface area contributed by atoms with Crippen molar-refractivity contribution in [2.45, 2.75) is 13.8 Å². The van der Waals surface area contributed by atoms with Crippen LogP contribution in [0, 0.1) is 13.8 Å². The molecule has 0 aliphatic heterocycles.